The molecule has 0 aliphatic rings. The van der Waals surface area contributed by atoms with E-state index in [4.69, 9.17) is 0 Å². The minimum Gasteiger partial charge on any atom is -0.322 e. The molecule has 1 aromatic heterocycles. The van der Waals surface area contributed by atoms with Crippen molar-refractivity contribution in [3.63, 3.8) is 0 Å². The summed E-state index contributed by atoms with van der Waals surface area (Å²) in [6.07, 6.45) is 5.21. The lowest BCUT2D eigenvalue weighted by Crippen LogP contribution is -2.11. The smallest absolute Gasteiger partial charge is 0.255 e. The Morgan fingerprint density at radius 1 is 1.24 bits per heavy atom. The summed E-state index contributed by atoms with van der Waals surface area (Å²) in [6, 6.07) is 11.1. The molecule has 17 heavy (non-hydrogen) atoms. The second-order valence-electron chi connectivity index (χ2n) is 3.42. The van der Waals surface area contributed by atoms with Gasteiger partial charge in [-0.25, -0.2) is 0 Å². The molecule has 1 amide bonds. The fourth-order valence-electron chi connectivity index (χ4n) is 1.41. The number of carbonyl (C=O) groups is 1. The Morgan fingerprint density at radius 2 is 2.00 bits per heavy atom. The number of rotatable bonds is 3. The molecule has 0 atom stereocenters. The number of benzene rings is 1. The molecule has 1 N–H and O–H groups in total. The molecule has 0 spiro atoms. The standard InChI is InChI=1S/C13H12N2OS/c1-17-12-4-2-3-11(9-12)15-13(16)10-5-7-14-8-6-10/h2-9H,1H3,(H,15,16). The second kappa shape index (κ2) is 5.50. The van der Waals surface area contributed by atoms with E-state index in [0.717, 1.165) is 10.6 Å². The third kappa shape index (κ3) is 3.07. The molecule has 0 saturated carbocycles. The number of aromatic nitrogens is 1. The Labute approximate surface area is 104 Å². The lowest BCUT2D eigenvalue weighted by Gasteiger charge is -2.06. The lowest BCUT2D eigenvalue weighted by molar-refractivity contribution is 0.102. The van der Waals surface area contributed by atoms with Crippen LogP contribution in [0, 0.1) is 0 Å². The minimum absolute atomic E-state index is 0.120. The number of nitrogens with one attached hydrogen (secondary N) is 1. The maximum Gasteiger partial charge on any atom is 0.255 e. The molecule has 0 unspecified atom stereocenters. The van der Waals surface area contributed by atoms with Gasteiger partial charge in [0, 0.05) is 28.5 Å². The van der Waals surface area contributed by atoms with Gasteiger partial charge in [0.1, 0.15) is 0 Å². The fraction of sp³-hybridized carbons (Fsp3) is 0.0769. The summed E-state index contributed by atoms with van der Waals surface area (Å²) >= 11 is 1.64. The summed E-state index contributed by atoms with van der Waals surface area (Å²) in [5.74, 6) is -0.120. The molecule has 2 aromatic rings. The van der Waals surface area contributed by atoms with E-state index in [0.29, 0.717) is 5.56 Å². The molecule has 0 radical (unpaired) electrons. The average Bonchev–Trinajstić information content (AvgIpc) is 2.40. The highest BCUT2D eigenvalue weighted by Gasteiger charge is 2.05. The van der Waals surface area contributed by atoms with Gasteiger partial charge in [0.15, 0.2) is 0 Å². The number of amides is 1. The largest absolute Gasteiger partial charge is 0.322 e. The van der Waals surface area contributed by atoms with Crippen LogP contribution in [0.15, 0.2) is 53.7 Å². The lowest BCUT2D eigenvalue weighted by atomic mass is 10.2. The van der Waals surface area contributed by atoms with Gasteiger partial charge < -0.3 is 5.32 Å². The number of hydrogen-bond acceptors (Lipinski definition) is 3. The van der Waals surface area contributed by atoms with Gasteiger partial charge in [-0.15, -0.1) is 11.8 Å². The predicted octanol–water partition coefficient (Wildman–Crippen LogP) is 3.06. The van der Waals surface area contributed by atoms with Gasteiger partial charge in [-0.3, -0.25) is 9.78 Å². The van der Waals surface area contributed by atoms with Gasteiger partial charge in [-0.2, -0.15) is 0 Å². The van der Waals surface area contributed by atoms with E-state index in [2.05, 4.69) is 10.3 Å². The van der Waals surface area contributed by atoms with Crippen molar-refractivity contribution in [1.29, 1.82) is 0 Å². The molecule has 0 aliphatic heterocycles. The first-order chi connectivity index (χ1) is 8.29. The van der Waals surface area contributed by atoms with Crippen LogP contribution in [0.3, 0.4) is 0 Å². The van der Waals surface area contributed by atoms with Crippen molar-refractivity contribution >= 4 is 23.4 Å². The number of carbonyl (C=O) groups excluding carboxylic acids is 1. The highest BCUT2D eigenvalue weighted by Crippen LogP contribution is 2.19. The molecule has 2 rings (SSSR count). The minimum atomic E-state index is -0.120. The Hall–Kier alpha value is -1.81. The van der Waals surface area contributed by atoms with E-state index >= 15 is 0 Å². The Morgan fingerprint density at radius 3 is 2.71 bits per heavy atom. The van der Waals surface area contributed by atoms with E-state index in [1.54, 1.807) is 36.3 Å². The number of hydrogen-bond donors (Lipinski definition) is 1. The quantitative estimate of drug-likeness (QED) is 0.844. The molecule has 0 fully saturated rings. The van der Waals surface area contributed by atoms with E-state index < -0.39 is 0 Å². The first-order valence-electron chi connectivity index (χ1n) is 5.15. The summed E-state index contributed by atoms with van der Waals surface area (Å²) in [7, 11) is 0. The van der Waals surface area contributed by atoms with Crippen molar-refractivity contribution in [2.24, 2.45) is 0 Å². The van der Waals surface area contributed by atoms with E-state index in [9.17, 15) is 4.79 Å². The van der Waals surface area contributed by atoms with Crippen molar-refractivity contribution in [3.8, 4) is 0 Å². The molecule has 1 aromatic carbocycles. The SMILES string of the molecule is CSc1cccc(NC(=O)c2ccncc2)c1. The van der Waals surface area contributed by atoms with Crippen LogP contribution >= 0.6 is 11.8 Å². The van der Waals surface area contributed by atoms with E-state index in [1.165, 1.54) is 0 Å². The van der Waals surface area contributed by atoms with Crippen LogP contribution in [0.4, 0.5) is 5.69 Å². The molecular formula is C13H12N2OS. The molecule has 1 heterocycles. The Balaban J connectivity index is 2.13. The van der Waals surface area contributed by atoms with Crippen molar-refractivity contribution in [1.82, 2.24) is 4.98 Å². The fourth-order valence-corrected chi connectivity index (χ4v) is 1.87. The number of pyridine rings is 1. The van der Waals surface area contributed by atoms with Gasteiger partial charge in [0.25, 0.3) is 5.91 Å². The normalized spacial score (nSPS) is 9.94. The molecule has 4 heteroatoms. The van der Waals surface area contributed by atoms with Gasteiger partial charge in [0.05, 0.1) is 0 Å². The molecular weight excluding hydrogens is 232 g/mol. The Bertz CT molecular complexity index is 514. The van der Waals surface area contributed by atoms with Crippen molar-refractivity contribution in [2.75, 3.05) is 11.6 Å². The van der Waals surface area contributed by atoms with Crippen LogP contribution < -0.4 is 5.32 Å². The zero-order valence-corrected chi connectivity index (χ0v) is 10.2. The van der Waals surface area contributed by atoms with Gasteiger partial charge in [0.2, 0.25) is 0 Å². The molecule has 0 saturated heterocycles. The summed E-state index contributed by atoms with van der Waals surface area (Å²) in [6.45, 7) is 0. The highest BCUT2D eigenvalue weighted by molar-refractivity contribution is 7.98. The number of thioether (sulfide) groups is 1. The van der Waals surface area contributed by atoms with Crippen LogP contribution in [0.1, 0.15) is 10.4 Å². The summed E-state index contributed by atoms with van der Waals surface area (Å²) in [5.41, 5.74) is 1.41. The van der Waals surface area contributed by atoms with Crippen LogP contribution in [-0.2, 0) is 0 Å². The predicted molar refractivity (Wildman–Crippen MR) is 70.4 cm³/mol. The first-order valence-corrected chi connectivity index (χ1v) is 6.37. The van der Waals surface area contributed by atoms with Crippen LogP contribution in [0.25, 0.3) is 0 Å². The van der Waals surface area contributed by atoms with Crippen molar-refractivity contribution < 1.29 is 4.79 Å². The highest BCUT2D eigenvalue weighted by atomic mass is 32.2. The Kier molecular flexibility index (Phi) is 3.77. The van der Waals surface area contributed by atoms with Crippen LogP contribution in [0.5, 0.6) is 0 Å². The molecule has 3 nitrogen and oxygen atoms in total. The first kappa shape index (κ1) is 11.7. The van der Waals surface area contributed by atoms with Crippen molar-refractivity contribution in [3.05, 3.63) is 54.4 Å². The van der Waals surface area contributed by atoms with E-state index in [-0.39, 0.29) is 5.91 Å². The zero-order valence-electron chi connectivity index (χ0n) is 9.38. The summed E-state index contributed by atoms with van der Waals surface area (Å²) in [5, 5.41) is 2.85. The molecule has 0 bridgehead atoms. The van der Waals surface area contributed by atoms with Gasteiger partial charge in [-0.05, 0) is 36.6 Å². The topological polar surface area (TPSA) is 42.0 Å². The van der Waals surface area contributed by atoms with Gasteiger partial charge >= 0.3 is 0 Å². The second-order valence-corrected chi connectivity index (χ2v) is 4.30. The summed E-state index contributed by atoms with van der Waals surface area (Å²) in [4.78, 5) is 16.9. The van der Waals surface area contributed by atoms with E-state index in [1.807, 2.05) is 30.5 Å². The van der Waals surface area contributed by atoms with Crippen LogP contribution in [-0.4, -0.2) is 17.1 Å². The van der Waals surface area contributed by atoms with Crippen LogP contribution in [0.2, 0.25) is 0 Å². The number of anilines is 1. The zero-order chi connectivity index (χ0) is 12.1. The van der Waals surface area contributed by atoms with Crippen molar-refractivity contribution in [2.45, 2.75) is 4.90 Å². The maximum absolute atomic E-state index is 11.9. The number of nitrogens with zero attached hydrogens (tertiary/aromatic N) is 1. The third-order valence-electron chi connectivity index (χ3n) is 2.27. The third-order valence-corrected chi connectivity index (χ3v) is 3.00. The molecule has 0 aliphatic carbocycles. The monoisotopic (exact) mass is 244 g/mol. The van der Waals surface area contributed by atoms with Gasteiger partial charge in [-0.1, -0.05) is 6.07 Å². The average molecular weight is 244 g/mol. The maximum atomic E-state index is 11.9. The summed E-state index contributed by atoms with van der Waals surface area (Å²) < 4.78 is 0. The molecule has 86 valence electrons.